The molecular formula is C10H20BNO3S2. The molecule has 0 bridgehead atoms. The van der Waals surface area contributed by atoms with Gasteiger partial charge in [-0.05, 0) is 26.2 Å². The zero-order valence-corrected chi connectivity index (χ0v) is 11.7. The molecule has 0 aromatic carbocycles. The van der Waals surface area contributed by atoms with Crippen molar-refractivity contribution in [3.63, 3.8) is 0 Å². The maximum Gasteiger partial charge on any atom is 0.475 e. The lowest BCUT2D eigenvalue weighted by atomic mass is 9.81. The summed E-state index contributed by atoms with van der Waals surface area (Å²) in [5, 5.41) is 21.0. The first-order chi connectivity index (χ1) is 8.09. The van der Waals surface area contributed by atoms with Gasteiger partial charge in [-0.3, -0.25) is 4.79 Å². The van der Waals surface area contributed by atoms with E-state index in [0.717, 1.165) is 18.1 Å². The smallest absolute Gasteiger partial charge is 0.426 e. The van der Waals surface area contributed by atoms with Gasteiger partial charge in [0.2, 0.25) is 5.91 Å². The molecule has 17 heavy (non-hydrogen) atoms. The summed E-state index contributed by atoms with van der Waals surface area (Å²) in [4.78, 5) is 11.4. The summed E-state index contributed by atoms with van der Waals surface area (Å²) in [6.45, 7) is 1.58. The van der Waals surface area contributed by atoms with E-state index >= 15 is 0 Å². The van der Waals surface area contributed by atoms with Crippen LogP contribution < -0.4 is 5.32 Å². The van der Waals surface area contributed by atoms with Gasteiger partial charge in [0.25, 0.3) is 0 Å². The standard InChI is InChI=1S/C10H20BNO3S2/c1-8(11(14)15)12-10(13)5-3-2-4-9-6-7-16-17-9/h8-9,14-15H,2-7H2,1H3,(H,12,13)/t8?,9-/m1/s1. The van der Waals surface area contributed by atoms with E-state index in [2.05, 4.69) is 5.32 Å². The molecule has 1 amide bonds. The number of hydrogen-bond donors (Lipinski definition) is 3. The summed E-state index contributed by atoms with van der Waals surface area (Å²) in [5.74, 6) is 0.560. The van der Waals surface area contributed by atoms with Crippen molar-refractivity contribution in [3.05, 3.63) is 0 Å². The van der Waals surface area contributed by atoms with Crippen molar-refractivity contribution in [1.82, 2.24) is 5.32 Å². The minimum Gasteiger partial charge on any atom is -0.426 e. The van der Waals surface area contributed by atoms with Crippen LogP contribution in [0.3, 0.4) is 0 Å². The molecule has 0 aromatic heterocycles. The number of hydrogen-bond acceptors (Lipinski definition) is 5. The van der Waals surface area contributed by atoms with E-state index in [0.29, 0.717) is 6.42 Å². The molecule has 0 spiro atoms. The van der Waals surface area contributed by atoms with Crippen LogP contribution in [0.2, 0.25) is 0 Å². The van der Waals surface area contributed by atoms with Gasteiger partial charge in [-0.1, -0.05) is 28.0 Å². The first-order valence-electron chi connectivity index (χ1n) is 6.03. The lowest BCUT2D eigenvalue weighted by Crippen LogP contribution is -2.44. The summed E-state index contributed by atoms with van der Waals surface area (Å²) >= 11 is 0. The third-order valence-corrected chi connectivity index (χ3v) is 5.75. The Labute approximate surface area is 111 Å². The molecule has 1 saturated heterocycles. The maximum absolute atomic E-state index is 11.4. The molecule has 0 aromatic rings. The van der Waals surface area contributed by atoms with Crippen LogP contribution in [0.5, 0.6) is 0 Å². The summed E-state index contributed by atoms with van der Waals surface area (Å²) in [7, 11) is 2.43. The fourth-order valence-electron chi connectivity index (χ4n) is 1.62. The average molecular weight is 277 g/mol. The Kier molecular flexibility index (Phi) is 7.42. The van der Waals surface area contributed by atoms with Crippen LogP contribution >= 0.6 is 21.6 Å². The van der Waals surface area contributed by atoms with E-state index in [1.54, 1.807) is 6.92 Å². The van der Waals surface area contributed by atoms with Crippen LogP contribution in [0, 0.1) is 0 Å². The molecule has 0 radical (unpaired) electrons. The SMILES string of the molecule is CC(NC(=O)CCCC[C@@H]1CCSS1)B(O)O. The molecule has 1 heterocycles. The molecule has 1 aliphatic rings. The monoisotopic (exact) mass is 277 g/mol. The predicted molar refractivity (Wildman–Crippen MR) is 74.7 cm³/mol. The highest BCUT2D eigenvalue weighted by Gasteiger charge is 2.20. The highest BCUT2D eigenvalue weighted by molar-refractivity contribution is 8.77. The van der Waals surface area contributed by atoms with Crippen LogP contribution in [0.15, 0.2) is 0 Å². The number of carbonyl (C=O) groups excluding carboxylic acids is 1. The van der Waals surface area contributed by atoms with Crippen molar-refractivity contribution >= 4 is 34.6 Å². The second-order valence-electron chi connectivity index (χ2n) is 4.34. The van der Waals surface area contributed by atoms with E-state index in [4.69, 9.17) is 10.0 Å². The van der Waals surface area contributed by atoms with Gasteiger partial charge >= 0.3 is 7.12 Å². The van der Waals surface area contributed by atoms with Crippen LogP contribution in [-0.2, 0) is 4.79 Å². The minimum absolute atomic E-state index is 0.0981. The number of unbranched alkanes of at least 4 members (excludes halogenated alkanes) is 1. The topological polar surface area (TPSA) is 69.6 Å². The highest BCUT2D eigenvalue weighted by Crippen LogP contribution is 2.39. The Hall–Kier alpha value is 0.155. The van der Waals surface area contributed by atoms with Crippen molar-refractivity contribution < 1.29 is 14.8 Å². The summed E-state index contributed by atoms with van der Waals surface area (Å²) in [6, 6.07) is 0. The van der Waals surface area contributed by atoms with Gasteiger partial charge in [0.05, 0.1) is 5.94 Å². The van der Waals surface area contributed by atoms with E-state index in [1.807, 2.05) is 21.6 Å². The number of nitrogens with one attached hydrogen (secondary N) is 1. The third-order valence-electron chi connectivity index (χ3n) is 2.74. The van der Waals surface area contributed by atoms with Crippen molar-refractivity contribution in [3.8, 4) is 0 Å². The summed E-state index contributed by atoms with van der Waals surface area (Å²) in [5.41, 5.74) is 0. The van der Waals surface area contributed by atoms with E-state index in [1.165, 1.54) is 18.6 Å². The highest BCUT2D eigenvalue weighted by atomic mass is 33.1. The van der Waals surface area contributed by atoms with Gasteiger partial charge < -0.3 is 15.4 Å². The molecule has 4 nitrogen and oxygen atoms in total. The molecule has 1 rings (SSSR count). The molecule has 1 aliphatic heterocycles. The molecule has 3 N–H and O–H groups in total. The summed E-state index contributed by atoms with van der Waals surface area (Å²) in [6.07, 6.45) is 4.89. The number of rotatable bonds is 7. The molecular weight excluding hydrogens is 257 g/mol. The van der Waals surface area contributed by atoms with Crippen molar-refractivity contribution in [1.29, 1.82) is 0 Å². The Morgan fingerprint density at radius 2 is 2.29 bits per heavy atom. The predicted octanol–water partition coefficient (Wildman–Crippen LogP) is 1.22. The molecule has 7 heteroatoms. The molecule has 2 atom stereocenters. The van der Waals surface area contributed by atoms with Gasteiger partial charge in [0.15, 0.2) is 0 Å². The molecule has 1 unspecified atom stereocenters. The zero-order valence-electron chi connectivity index (χ0n) is 10.1. The maximum atomic E-state index is 11.4. The fraction of sp³-hybridized carbons (Fsp3) is 0.900. The first kappa shape index (κ1) is 15.2. The normalized spacial score (nSPS) is 21.2. The van der Waals surface area contributed by atoms with Crippen LogP contribution in [0.4, 0.5) is 0 Å². The molecule has 1 fully saturated rings. The summed E-state index contributed by atoms with van der Waals surface area (Å²) < 4.78 is 0. The van der Waals surface area contributed by atoms with Gasteiger partial charge in [-0.2, -0.15) is 0 Å². The fourth-order valence-corrected chi connectivity index (χ4v) is 4.65. The molecule has 98 valence electrons. The van der Waals surface area contributed by atoms with E-state index < -0.39 is 13.1 Å². The Morgan fingerprint density at radius 3 is 2.88 bits per heavy atom. The first-order valence-corrected chi connectivity index (χ1v) is 8.41. The Morgan fingerprint density at radius 1 is 1.53 bits per heavy atom. The van der Waals surface area contributed by atoms with E-state index in [-0.39, 0.29) is 5.91 Å². The van der Waals surface area contributed by atoms with E-state index in [9.17, 15) is 4.79 Å². The Balaban J connectivity index is 1.99. The second kappa shape index (κ2) is 8.29. The number of amides is 1. The zero-order chi connectivity index (χ0) is 12.7. The van der Waals surface area contributed by atoms with Crippen LogP contribution in [-0.4, -0.2) is 40.0 Å². The minimum atomic E-state index is -1.48. The lowest BCUT2D eigenvalue weighted by Gasteiger charge is -2.12. The lowest BCUT2D eigenvalue weighted by molar-refractivity contribution is -0.121. The molecule has 0 aliphatic carbocycles. The van der Waals surface area contributed by atoms with Gasteiger partial charge in [-0.15, -0.1) is 0 Å². The van der Waals surface area contributed by atoms with Crippen molar-refractivity contribution in [2.75, 3.05) is 5.75 Å². The van der Waals surface area contributed by atoms with Gasteiger partial charge in [-0.25, -0.2) is 0 Å². The second-order valence-corrected chi connectivity index (χ2v) is 7.13. The third kappa shape index (κ3) is 6.59. The quantitative estimate of drug-likeness (QED) is 0.371. The van der Waals surface area contributed by atoms with Crippen molar-refractivity contribution in [2.24, 2.45) is 0 Å². The number of carbonyl (C=O) groups is 1. The van der Waals surface area contributed by atoms with Gasteiger partial charge in [0.1, 0.15) is 0 Å². The molecule has 0 saturated carbocycles. The van der Waals surface area contributed by atoms with Crippen molar-refractivity contribution in [2.45, 2.75) is 50.2 Å². The average Bonchev–Trinajstić information content (AvgIpc) is 2.77. The largest absolute Gasteiger partial charge is 0.475 e. The van der Waals surface area contributed by atoms with Gasteiger partial charge in [0, 0.05) is 17.4 Å². The van der Waals surface area contributed by atoms with Crippen LogP contribution in [0.1, 0.15) is 39.0 Å². The Bertz CT molecular complexity index is 238. The van der Waals surface area contributed by atoms with Crippen LogP contribution in [0.25, 0.3) is 0 Å².